The highest BCUT2D eigenvalue weighted by Crippen LogP contribution is 2.30. The van der Waals surface area contributed by atoms with Crippen LogP contribution in [0.15, 0.2) is 30.3 Å². The summed E-state index contributed by atoms with van der Waals surface area (Å²) >= 11 is 0. The van der Waals surface area contributed by atoms with Crippen LogP contribution in [-0.4, -0.2) is 18.6 Å². The third-order valence-corrected chi connectivity index (χ3v) is 2.47. The third-order valence-electron chi connectivity index (χ3n) is 2.47. The quantitative estimate of drug-likeness (QED) is 0.778. The van der Waals surface area contributed by atoms with Gasteiger partial charge in [0.15, 0.2) is 0 Å². The number of rotatable bonds is 3. The molecule has 74 valence electrons. The second kappa shape index (κ2) is 3.78. The molecule has 14 heavy (non-hydrogen) atoms. The average Bonchev–Trinajstić information content (AvgIpc) is 2.98. The number of halogens is 1. The minimum atomic E-state index is -0.334. The number of carbonyl (C=O) groups excluding carboxylic acids is 1. The maximum absolute atomic E-state index is 12.1. The van der Waals surface area contributed by atoms with Gasteiger partial charge in [-0.15, -0.1) is 0 Å². The van der Waals surface area contributed by atoms with E-state index < -0.39 is 0 Å². The zero-order chi connectivity index (χ0) is 9.97. The van der Waals surface area contributed by atoms with E-state index in [1.54, 1.807) is 12.1 Å². The summed E-state index contributed by atoms with van der Waals surface area (Å²) in [5, 5.41) is 2.79. The largest absolute Gasteiger partial charge is 0.349 e. The van der Waals surface area contributed by atoms with E-state index in [0.29, 0.717) is 5.56 Å². The molecule has 2 unspecified atom stereocenters. The Labute approximate surface area is 82.1 Å². The summed E-state index contributed by atoms with van der Waals surface area (Å²) < 4.78 is 12.1. The van der Waals surface area contributed by atoms with Crippen molar-refractivity contribution in [1.29, 1.82) is 0 Å². The molecule has 0 aliphatic heterocycles. The molecule has 1 aromatic rings. The Morgan fingerprint density at radius 3 is 2.71 bits per heavy atom. The molecule has 0 aromatic heterocycles. The van der Waals surface area contributed by atoms with Crippen molar-refractivity contribution in [2.24, 2.45) is 5.92 Å². The van der Waals surface area contributed by atoms with Gasteiger partial charge in [-0.25, -0.2) is 0 Å². The van der Waals surface area contributed by atoms with Crippen LogP contribution in [0.25, 0.3) is 0 Å². The van der Waals surface area contributed by atoms with Gasteiger partial charge in [-0.2, -0.15) is 0 Å². The summed E-state index contributed by atoms with van der Waals surface area (Å²) in [5.74, 6) is -0.0609. The summed E-state index contributed by atoms with van der Waals surface area (Å²) in [5.41, 5.74) is 0.636. The number of hydrogen-bond donors (Lipinski definition) is 1. The van der Waals surface area contributed by atoms with Crippen molar-refractivity contribution < 1.29 is 9.18 Å². The van der Waals surface area contributed by atoms with Gasteiger partial charge in [0.05, 0.1) is 6.67 Å². The first kappa shape index (κ1) is 9.19. The zero-order valence-corrected chi connectivity index (χ0v) is 7.74. The maximum Gasteiger partial charge on any atom is 0.251 e. The molecule has 1 aromatic carbocycles. The van der Waals surface area contributed by atoms with Crippen LogP contribution >= 0.6 is 0 Å². The van der Waals surface area contributed by atoms with E-state index in [4.69, 9.17) is 0 Å². The van der Waals surface area contributed by atoms with Crippen molar-refractivity contribution in [2.45, 2.75) is 12.5 Å². The molecule has 1 N–H and O–H groups in total. The smallest absolute Gasteiger partial charge is 0.251 e. The Bertz CT molecular complexity index is 325. The van der Waals surface area contributed by atoms with Gasteiger partial charge >= 0.3 is 0 Å². The Kier molecular flexibility index (Phi) is 2.48. The van der Waals surface area contributed by atoms with Crippen molar-refractivity contribution in [2.75, 3.05) is 6.67 Å². The van der Waals surface area contributed by atoms with Crippen LogP contribution in [0.1, 0.15) is 16.8 Å². The number of carbonyl (C=O) groups is 1. The molecule has 1 saturated carbocycles. The van der Waals surface area contributed by atoms with Crippen molar-refractivity contribution in [3.8, 4) is 0 Å². The minimum absolute atomic E-state index is 0.0441. The monoisotopic (exact) mass is 193 g/mol. The number of amides is 1. The molecule has 2 rings (SSSR count). The second-order valence-electron chi connectivity index (χ2n) is 3.60. The molecule has 0 radical (unpaired) electrons. The van der Waals surface area contributed by atoms with Crippen molar-refractivity contribution in [3.63, 3.8) is 0 Å². The summed E-state index contributed by atoms with van der Waals surface area (Å²) in [7, 11) is 0. The molecule has 0 spiro atoms. The van der Waals surface area contributed by atoms with E-state index in [2.05, 4.69) is 5.32 Å². The molecule has 0 bridgehead atoms. The lowest BCUT2D eigenvalue weighted by molar-refractivity contribution is 0.0948. The van der Waals surface area contributed by atoms with E-state index in [0.717, 1.165) is 6.42 Å². The highest BCUT2D eigenvalue weighted by atomic mass is 19.1. The predicted octanol–water partition coefficient (Wildman–Crippen LogP) is 1.77. The van der Waals surface area contributed by atoms with Gasteiger partial charge < -0.3 is 5.32 Å². The molecule has 0 heterocycles. The van der Waals surface area contributed by atoms with Gasteiger partial charge in [0.25, 0.3) is 5.91 Å². The fourth-order valence-electron chi connectivity index (χ4n) is 1.44. The highest BCUT2D eigenvalue weighted by Gasteiger charge is 2.38. The van der Waals surface area contributed by atoms with Gasteiger partial charge in [0.2, 0.25) is 0 Å². The lowest BCUT2D eigenvalue weighted by Crippen LogP contribution is -2.26. The van der Waals surface area contributed by atoms with E-state index >= 15 is 0 Å². The summed E-state index contributed by atoms with van der Waals surface area (Å²) in [6.07, 6.45) is 0.773. The lowest BCUT2D eigenvalue weighted by Gasteiger charge is -2.02. The second-order valence-corrected chi connectivity index (χ2v) is 3.60. The van der Waals surface area contributed by atoms with Gasteiger partial charge in [0, 0.05) is 17.5 Å². The fraction of sp³-hybridized carbons (Fsp3) is 0.364. The molecule has 1 aliphatic rings. The molecule has 3 heteroatoms. The Balaban J connectivity index is 1.91. The molecule has 1 aliphatic carbocycles. The molecular weight excluding hydrogens is 181 g/mol. The van der Waals surface area contributed by atoms with Gasteiger partial charge in [-0.1, -0.05) is 18.2 Å². The first-order valence-electron chi connectivity index (χ1n) is 4.73. The number of alkyl halides is 1. The first-order chi connectivity index (χ1) is 6.81. The maximum atomic E-state index is 12.1. The van der Waals surface area contributed by atoms with Crippen LogP contribution in [0.4, 0.5) is 4.39 Å². The predicted molar refractivity (Wildman–Crippen MR) is 51.8 cm³/mol. The SMILES string of the molecule is O=C(NC1CC1CF)c1ccccc1. The van der Waals surface area contributed by atoms with E-state index in [1.807, 2.05) is 18.2 Å². The molecule has 2 atom stereocenters. The Hall–Kier alpha value is -1.38. The highest BCUT2D eigenvalue weighted by molar-refractivity contribution is 5.94. The van der Waals surface area contributed by atoms with Crippen molar-refractivity contribution >= 4 is 5.91 Å². The van der Waals surface area contributed by atoms with Gasteiger partial charge in [-0.05, 0) is 18.6 Å². The summed E-state index contributed by atoms with van der Waals surface area (Å²) in [4.78, 5) is 11.5. The number of hydrogen-bond acceptors (Lipinski definition) is 1. The van der Waals surface area contributed by atoms with Crippen LogP contribution in [-0.2, 0) is 0 Å². The van der Waals surface area contributed by atoms with Gasteiger partial charge in [0.1, 0.15) is 0 Å². The Morgan fingerprint density at radius 2 is 2.14 bits per heavy atom. The molecule has 2 nitrogen and oxygen atoms in total. The zero-order valence-electron chi connectivity index (χ0n) is 7.74. The van der Waals surface area contributed by atoms with Crippen LogP contribution < -0.4 is 5.32 Å². The van der Waals surface area contributed by atoms with E-state index in [9.17, 15) is 9.18 Å². The van der Waals surface area contributed by atoms with Crippen LogP contribution in [0, 0.1) is 5.92 Å². The molecule has 1 fully saturated rings. The van der Waals surface area contributed by atoms with Crippen LogP contribution in [0.2, 0.25) is 0 Å². The van der Waals surface area contributed by atoms with Crippen molar-refractivity contribution in [1.82, 2.24) is 5.32 Å². The number of benzene rings is 1. The van der Waals surface area contributed by atoms with E-state index in [1.165, 1.54) is 0 Å². The summed E-state index contributed by atoms with van der Waals surface area (Å²) in [6, 6.07) is 9.04. The number of nitrogens with one attached hydrogen (secondary N) is 1. The molecular formula is C11H12FNO. The average molecular weight is 193 g/mol. The first-order valence-corrected chi connectivity index (χ1v) is 4.73. The van der Waals surface area contributed by atoms with Crippen molar-refractivity contribution in [3.05, 3.63) is 35.9 Å². The topological polar surface area (TPSA) is 29.1 Å². The lowest BCUT2D eigenvalue weighted by atomic mass is 10.2. The normalized spacial score (nSPS) is 24.4. The van der Waals surface area contributed by atoms with E-state index in [-0.39, 0.29) is 24.5 Å². The van der Waals surface area contributed by atoms with Crippen LogP contribution in [0.5, 0.6) is 0 Å². The van der Waals surface area contributed by atoms with Gasteiger partial charge in [-0.3, -0.25) is 9.18 Å². The fourth-order valence-corrected chi connectivity index (χ4v) is 1.44. The Morgan fingerprint density at radius 1 is 1.43 bits per heavy atom. The summed E-state index contributed by atoms with van der Waals surface area (Å²) in [6.45, 7) is -0.334. The molecule has 0 saturated heterocycles. The third kappa shape index (κ3) is 1.92. The van der Waals surface area contributed by atoms with Crippen LogP contribution in [0.3, 0.4) is 0 Å². The minimum Gasteiger partial charge on any atom is -0.349 e. The standard InChI is InChI=1S/C11H12FNO/c12-7-9-6-10(9)13-11(14)8-4-2-1-3-5-8/h1-5,9-10H,6-7H2,(H,13,14). The molecule has 1 amide bonds.